The van der Waals surface area contributed by atoms with Gasteiger partial charge in [-0.05, 0) is 44.6 Å². The predicted molar refractivity (Wildman–Crippen MR) is 198 cm³/mol. The number of carbonyl (C=O) groups is 3. The zero-order valence-corrected chi connectivity index (χ0v) is 34.8. The van der Waals surface area contributed by atoms with Crippen LogP contribution in [0, 0.1) is 10.1 Å². The summed E-state index contributed by atoms with van der Waals surface area (Å²) in [7, 11) is -29.4. The molecular formula is C26H48N5O21P5. The van der Waals surface area contributed by atoms with Gasteiger partial charge in [-0.3, -0.25) is 29.0 Å². The highest BCUT2D eigenvalue weighted by Crippen LogP contribution is 2.73. The van der Waals surface area contributed by atoms with Crippen molar-refractivity contribution in [1.82, 2.24) is 16.0 Å². The second-order valence-corrected chi connectivity index (χ2v) is 19.4. The number of hydrogen-bond acceptors (Lipinski definition) is 16. The number of rotatable bonds is 32. The van der Waals surface area contributed by atoms with E-state index in [0.29, 0.717) is 83.1 Å². The van der Waals surface area contributed by atoms with E-state index < -0.39 is 50.6 Å². The highest BCUT2D eigenvalue weighted by Gasteiger charge is 2.47. The van der Waals surface area contributed by atoms with Crippen LogP contribution in [0.25, 0.3) is 0 Å². The molecule has 0 aliphatic rings. The number of carbonyl (C=O) groups excluding carboxylic acids is 3. The highest BCUT2D eigenvalue weighted by molar-refractivity contribution is 7.71. The fourth-order valence-electron chi connectivity index (χ4n) is 4.36. The van der Waals surface area contributed by atoms with E-state index in [1.54, 1.807) is 6.07 Å². The molecule has 31 heteroatoms. The molecule has 0 fully saturated rings. The van der Waals surface area contributed by atoms with E-state index in [-0.39, 0.29) is 42.8 Å². The number of nitrogens with zero attached hydrogens (tertiary/aromatic N) is 1. The Morgan fingerprint density at radius 1 is 0.596 bits per heavy atom. The van der Waals surface area contributed by atoms with Crippen LogP contribution in [0.1, 0.15) is 77.0 Å². The van der Waals surface area contributed by atoms with Crippen molar-refractivity contribution in [1.29, 1.82) is 0 Å². The van der Waals surface area contributed by atoms with Crippen molar-refractivity contribution in [3.63, 3.8) is 0 Å². The maximum atomic E-state index is 12.0. The zero-order chi connectivity index (χ0) is 43.2. The average molecular weight is 922 g/mol. The molecule has 328 valence electrons. The van der Waals surface area contributed by atoms with E-state index in [1.807, 2.05) is 0 Å². The summed E-state index contributed by atoms with van der Waals surface area (Å²) in [5.74, 6) is -0.518. The lowest BCUT2D eigenvalue weighted by Crippen LogP contribution is -2.30. The molecule has 0 saturated heterocycles. The first-order valence-corrected chi connectivity index (χ1v) is 24.6. The van der Waals surface area contributed by atoms with Crippen LogP contribution in [0.3, 0.4) is 0 Å². The molecule has 0 spiro atoms. The first-order chi connectivity index (χ1) is 26.4. The van der Waals surface area contributed by atoms with E-state index >= 15 is 0 Å². The summed E-state index contributed by atoms with van der Waals surface area (Å²) in [6.45, 7) is 0.704. The number of nitrogens with one attached hydrogen (secondary N) is 4. The molecule has 0 aliphatic heterocycles. The third kappa shape index (κ3) is 28.6. The van der Waals surface area contributed by atoms with Gasteiger partial charge in [0.15, 0.2) is 0 Å². The molecule has 0 saturated carbocycles. The van der Waals surface area contributed by atoms with Gasteiger partial charge < -0.3 is 50.6 Å². The summed E-state index contributed by atoms with van der Waals surface area (Å²) in [4.78, 5) is 101. The number of non-ortho nitro benzene ring substituents is 1. The lowest BCUT2D eigenvalue weighted by molar-refractivity contribution is -0.384. The van der Waals surface area contributed by atoms with Gasteiger partial charge >= 0.3 is 39.1 Å². The van der Waals surface area contributed by atoms with Crippen LogP contribution in [0.15, 0.2) is 24.3 Å². The molecule has 0 radical (unpaired) electrons. The SMILES string of the molecule is O=C(CCCCCNC(=O)CCCCCNC(=O)CNc1cccc([N+](=O)[O-])c1)NCCCCCCOP(=O)(O)OP(=O)(O)OP(=O)(O)OP(=O)(O)OP(=O)(O)O. The van der Waals surface area contributed by atoms with Gasteiger partial charge in [0.1, 0.15) is 0 Å². The first kappa shape index (κ1) is 52.6. The number of phosphoric ester groups is 1. The van der Waals surface area contributed by atoms with Crippen LogP contribution >= 0.6 is 39.1 Å². The van der Waals surface area contributed by atoms with Crippen molar-refractivity contribution in [3.05, 3.63) is 34.4 Å². The van der Waals surface area contributed by atoms with Crippen LogP contribution < -0.4 is 21.3 Å². The molecule has 1 aromatic rings. The molecule has 4 unspecified atom stereocenters. The molecule has 1 rings (SSSR count). The minimum Gasteiger partial charge on any atom is -0.376 e. The van der Waals surface area contributed by atoms with Gasteiger partial charge in [0.05, 0.1) is 18.1 Å². The summed E-state index contributed by atoms with van der Waals surface area (Å²) in [5, 5.41) is 22.0. The minimum atomic E-state index is -6.16. The van der Waals surface area contributed by atoms with Gasteiger partial charge in [0, 0.05) is 50.3 Å². The van der Waals surface area contributed by atoms with Gasteiger partial charge in [0.2, 0.25) is 17.7 Å². The Balaban J connectivity index is 2.04. The van der Waals surface area contributed by atoms with Gasteiger partial charge in [0.25, 0.3) is 5.69 Å². The number of nitro groups is 1. The Bertz CT molecular complexity index is 1710. The van der Waals surface area contributed by atoms with Crippen LogP contribution in [0.4, 0.5) is 11.4 Å². The number of unbranched alkanes of at least 4 members (excludes halogenated alkanes) is 7. The standard InChI is InChI=1S/C26H48N5O21P5/c32-24(14-5-3-8-17-28-25(33)15-6-4-9-18-29-26(34)21-30-22-12-11-13-23(20-22)31(35)36)27-16-7-1-2-10-19-48-54(40,41)50-56(44,45)52-57(46,47)51-55(42,43)49-53(37,38)39/h11-13,20,30H,1-10,14-19,21H2,(H,27,32)(H,28,33)(H,29,34)(H,40,41)(H,42,43)(H,44,45)(H,46,47)(H2,37,38,39). The van der Waals surface area contributed by atoms with Crippen LogP contribution in [-0.4, -0.2) is 84.8 Å². The average Bonchev–Trinajstić information content (AvgIpc) is 3.05. The van der Waals surface area contributed by atoms with Gasteiger partial charge in [-0.1, -0.05) is 31.7 Å². The lowest BCUT2D eigenvalue weighted by Gasteiger charge is -2.19. The predicted octanol–water partition coefficient (Wildman–Crippen LogP) is 3.61. The van der Waals surface area contributed by atoms with Crippen LogP contribution in [0.2, 0.25) is 0 Å². The third-order valence-electron chi connectivity index (χ3n) is 6.79. The molecule has 0 bridgehead atoms. The Kier molecular flexibility index (Phi) is 23.9. The van der Waals surface area contributed by atoms with Crippen molar-refractivity contribution >= 4 is 68.2 Å². The minimum absolute atomic E-state index is 0.0339. The molecule has 57 heavy (non-hydrogen) atoms. The van der Waals surface area contributed by atoms with Crippen molar-refractivity contribution in [2.24, 2.45) is 0 Å². The summed E-state index contributed by atoms with van der Waals surface area (Å²) in [6, 6.07) is 5.83. The van der Waals surface area contributed by atoms with Crippen molar-refractivity contribution in [3.8, 4) is 0 Å². The van der Waals surface area contributed by atoms with Gasteiger partial charge in [-0.25, -0.2) is 22.8 Å². The number of phosphoric acid groups is 5. The Morgan fingerprint density at radius 2 is 1.04 bits per heavy atom. The van der Waals surface area contributed by atoms with E-state index in [0.717, 1.165) is 6.42 Å². The smallest absolute Gasteiger partial charge is 0.376 e. The monoisotopic (exact) mass is 921 g/mol. The topological polar surface area (TPSA) is 395 Å². The number of hydrogen-bond donors (Lipinski definition) is 10. The maximum Gasteiger partial charge on any atom is 0.490 e. The van der Waals surface area contributed by atoms with Crippen molar-refractivity contribution in [2.75, 3.05) is 38.1 Å². The summed E-state index contributed by atoms with van der Waals surface area (Å²) < 4.78 is 75.6. The number of anilines is 1. The highest BCUT2D eigenvalue weighted by atomic mass is 31.3. The molecule has 10 N–H and O–H groups in total. The van der Waals surface area contributed by atoms with E-state index in [1.165, 1.54) is 18.2 Å². The fraction of sp³-hybridized carbons (Fsp3) is 0.654. The molecule has 4 atom stereocenters. The van der Waals surface area contributed by atoms with E-state index in [2.05, 4.69) is 43.0 Å². The molecule has 0 aliphatic carbocycles. The summed E-state index contributed by atoms with van der Waals surface area (Å²) >= 11 is 0. The van der Waals surface area contributed by atoms with Gasteiger partial charge in [-0.15, -0.1) is 0 Å². The third-order valence-corrected chi connectivity index (χ3v) is 13.9. The number of benzene rings is 1. The number of nitro benzene ring substituents is 1. The largest absolute Gasteiger partial charge is 0.490 e. The second-order valence-electron chi connectivity index (χ2n) is 11.8. The molecule has 26 nitrogen and oxygen atoms in total. The maximum absolute atomic E-state index is 12.0. The number of amides is 3. The molecule has 3 amide bonds. The fourth-order valence-corrected chi connectivity index (χ4v) is 10.3. The molecule has 1 aromatic carbocycles. The quantitative estimate of drug-likeness (QED) is 0.0213. The van der Waals surface area contributed by atoms with Crippen LogP contribution in [-0.2, 0) is 59.0 Å². The summed E-state index contributed by atoms with van der Waals surface area (Å²) in [6.07, 6.45) is 6.29. The van der Waals surface area contributed by atoms with E-state index in [4.69, 9.17) is 14.7 Å². The lowest BCUT2D eigenvalue weighted by atomic mass is 10.1. The zero-order valence-electron chi connectivity index (χ0n) is 30.3. The van der Waals surface area contributed by atoms with E-state index in [9.17, 15) is 62.0 Å². The molecule has 0 heterocycles. The Labute approximate surface area is 326 Å². The van der Waals surface area contributed by atoms with Crippen LogP contribution in [0.5, 0.6) is 0 Å². The Hall–Kier alpha value is -2.46. The molecular weight excluding hydrogens is 873 g/mol. The first-order valence-electron chi connectivity index (χ1n) is 17.0. The van der Waals surface area contributed by atoms with Gasteiger partial charge in [-0.2, -0.15) is 17.2 Å². The Morgan fingerprint density at radius 3 is 1.53 bits per heavy atom. The normalized spacial score (nSPS) is 15.9. The molecule has 0 aromatic heterocycles. The summed E-state index contributed by atoms with van der Waals surface area (Å²) in [5.41, 5.74) is 0.380. The van der Waals surface area contributed by atoms with Crippen molar-refractivity contribution < 1.29 is 93.3 Å². The second kappa shape index (κ2) is 25.9. The van der Waals surface area contributed by atoms with Crippen molar-refractivity contribution in [2.45, 2.75) is 77.0 Å².